The summed E-state index contributed by atoms with van der Waals surface area (Å²) in [5.74, 6) is -7.28. The van der Waals surface area contributed by atoms with Crippen molar-refractivity contribution in [2.24, 2.45) is 0 Å². The molecule has 0 aliphatic heterocycles. The van der Waals surface area contributed by atoms with Crippen LogP contribution in [0.4, 0.5) is 20.2 Å². The third-order valence-electron chi connectivity index (χ3n) is 7.23. The highest BCUT2D eigenvalue weighted by molar-refractivity contribution is 6.08. The van der Waals surface area contributed by atoms with Crippen LogP contribution in [0, 0.1) is 11.6 Å². The van der Waals surface area contributed by atoms with Gasteiger partial charge in [-0.2, -0.15) is 10.2 Å². The lowest BCUT2D eigenvalue weighted by atomic mass is 10.1. The Morgan fingerprint density at radius 1 is 0.686 bits per heavy atom. The third-order valence-corrected chi connectivity index (χ3v) is 7.23. The van der Waals surface area contributed by atoms with E-state index in [2.05, 4.69) is 51.4 Å². The van der Waals surface area contributed by atoms with Crippen LogP contribution in [0.2, 0.25) is 0 Å². The van der Waals surface area contributed by atoms with Crippen LogP contribution in [-0.2, 0) is 6.42 Å². The first-order valence-corrected chi connectivity index (χ1v) is 14.6. The molecule has 2 amide bonds. The lowest BCUT2D eigenvalue weighted by Crippen LogP contribution is -2.18. The Morgan fingerprint density at radius 3 is 1.65 bits per heavy atom. The molecule has 0 aliphatic rings. The number of carboxylic acids is 2. The molecule has 0 bridgehead atoms. The summed E-state index contributed by atoms with van der Waals surface area (Å²) < 4.78 is 35.4. The molecule has 6 aromatic rings. The quantitative estimate of drug-likeness (QED) is 0.106. The number of hydrogen-bond donors (Lipinski definition) is 6. The molecule has 2 aromatic carbocycles. The average Bonchev–Trinajstić information content (AvgIpc) is 3.86. The van der Waals surface area contributed by atoms with E-state index in [1.54, 1.807) is 12.4 Å². The maximum atomic E-state index is 15.0. The molecule has 19 heteroatoms. The molecule has 4 aromatic heterocycles. The van der Waals surface area contributed by atoms with Gasteiger partial charge in [-0.15, -0.1) is 20.4 Å². The number of amides is 2. The number of H-pyrrole nitrogens is 2. The number of aromatic amines is 2. The molecule has 6 N–H and O–H groups in total. The summed E-state index contributed by atoms with van der Waals surface area (Å²) in [5.41, 5.74) is -0.0913. The number of carbonyl (C=O) groups is 4. The van der Waals surface area contributed by atoms with Crippen LogP contribution in [-0.4, -0.2) is 81.4 Å². The van der Waals surface area contributed by atoms with Crippen molar-refractivity contribution in [2.45, 2.75) is 6.42 Å². The molecule has 17 nitrogen and oxygen atoms in total. The minimum Gasteiger partial charge on any atom is -0.490 e. The van der Waals surface area contributed by atoms with E-state index in [0.29, 0.717) is 34.6 Å². The summed E-state index contributed by atoms with van der Waals surface area (Å²) in [7, 11) is 0. The Balaban J connectivity index is 1.16. The lowest BCUT2D eigenvalue weighted by molar-refractivity contribution is 0.0686. The second-order valence-corrected chi connectivity index (χ2v) is 10.5. The number of aromatic carboxylic acids is 2. The van der Waals surface area contributed by atoms with Crippen LogP contribution in [0.15, 0.2) is 73.3 Å². The van der Waals surface area contributed by atoms with E-state index in [-0.39, 0.29) is 34.7 Å². The second-order valence-electron chi connectivity index (χ2n) is 10.5. The predicted octanol–water partition coefficient (Wildman–Crippen LogP) is 3.85. The molecule has 51 heavy (non-hydrogen) atoms. The smallest absolute Gasteiger partial charge is 0.337 e. The lowest BCUT2D eigenvalue weighted by Gasteiger charge is -2.14. The van der Waals surface area contributed by atoms with Crippen molar-refractivity contribution in [3.63, 3.8) is 0 Å². The largest absolute Gasteiger partial charge is 0.490 e. The SMILES string of the molecule is O=C(Nc1cc(CCOc2cc(NC(=O)c3ccc(-c4cn[nH]c4)nn3)c(C(=O)O)cc2F)c(F)cc1C(=O)O)c1ccc(-c2cn[nH]c2)nn1. The van der Waals surface area contributed by atoms with Gasteiger partial charge in [0, 0.05) is 36.0 Å². The Morgan fingerprint density at radius 2 is 1.20 bits per heavy atom. The van der Waals surface area contributed by atoms with Crippen molar-refractivity contribution in [2.75, 3.05) is 17.2 Å². The van der Waals surface area contributed by atoms with Crippen LogP contribution in [0.1, 0.15) is 47.3 Å². The molecule has 0 spiro atoms. The summed E-state index contributed by atoms with van der Waals surface area (Å²) in [4.78, 5) is 49.4. The second kappa shape index (κ2) is 14.4. The number of benzene rings is 2. The highest BCUT2D eigenvalue weighted by atomic mass is 19.1. The maximum Gasteiger partial charge on any atom is 0.337 e. The third kappa shape index (κ3) is 7.51. The van der Waals surface area contributed by atoms with E-state index in [0.717, 1.165) is 12.1 Å². The van der Waals surface area contributed by atoms with Gasteiger partial charge in [0.05, 0.1) is 52.9 Å². The van der Waals surface area contributed by atoms with Crippen molar-refractivity contribution >= 4 is 35.1 Å². The summed E-state index contributed by atoms with van der Waals surface area (Å²) in [6.07, 6.45) is 5.89. The van der Waals surface area contributed by atoms with Crippen molar-refractivity contribution in [3.8, 4) is 28.3 Å². The Labute approximate surface area is 283 Å². The van der Waals surface area contributed by atoms with Crippen LogP contribution >= 0.6 is 0 Å². The molecule has 0 fully saturated rings. The molecule has 0 saturated carbocycles. The summed E-state index contributed by atoms with van der Waals surface area (Å²) in [5, 5.41) is 52.5. The van der Waals surface area contributed by atoms with Crippen molar-refractivity contribution in [1.82, 2.24) is 40.8 Å². The topological polar surface area (TPSA) is 251 Å². The van der Waals surface area contributed by atoms with E-state index in [9.17, 15) is 38.2 Å². The van der Waals surface area contributed by atoms with E-state index < -0.39 is 58.9 Å². The van der Waals surface area contributed by atoms with Gasteiger partial charge in [-0.05, 0) is 48.0 Å². The number of hydrogen-bond acceptors (Lipinski definition) is 11. The first kappa shape index (κ1) is 33.5. The van der Waals surface area contributed by atoms with Gasteiger partial charge >= 0.3 is 11.9 Å². The molecule has 0 atom stereocenters. The molecule has 0 radical (unpaired) electrons. The fourth-order valence-electron chi connectivity index (χ4n) is 4.67. The van der Waals surface area contributed by atoms with Crippen LogP contribution < -0.4 is 15.4 Å². The van der Waals surface area contributed by atoms with Crippen molar-refractivity contribution in [1.29, 1.82) is 0 Å². The van der Waals surface area contributed by atoms with Gasteiger partial charge in [-0.3, -0.25) is 19.8 Å². The summed E-state index contributed by atoms with van der Waals surface area (Å²) in [6.45, 7) is -0.394. The van der Waals surface area contributed by atoms with Crippen LogP contribution in [0.25, 0.3) is 22.5 Å². The minimum atomic E-state index is -1.55. The number of anilines is 2. The molecule has 4 heterocycles. The standard InChI is InChI=1S/C32H22F2N10O7/c33-20-8-18(31(47)48)26(39-29(45)24-3-1-22(41-43-24)16-11-35-36-12-16)7-15(20)5-6-51-28-10-27(19(32(49)50)9-21(28)34)40-30(46)25-4-2-23(42-44-25)17-13-37-38-14-17/h1-4,7-14H,5-6H2,(H,35,36)(H,37,38)(H,39,45)(H,40,46)(H,47,48)(H,49,50). The number of carbonyl (C=O) groups excluding carboxylic acids is 2. The highest BCUT2D eigenvalue weighted by Gasteiger charge is 2.22. The average molecular weight is 697 g/mol. The van der Waals surface area contributed by atoms with Crippen molar-refractivity contribution < 1.29 is 42.9 Å². The number of nitrogens with zero attached hydrogens (tertiary/aromatic N) is 6. The summed E-state index contributed by atoms with van der Waals surface area (Å²) in [6, 6.07) is 9.08. The zero-order valence-electron chi connectivity index (χ0n) is 25.7. The fraction of sp³-hybridized carbons (Fsp3) is 0.0625. The zero-order chi connectivity index (χ0) is 36.1. The molecular formula is C32H22F2N10O7. The zero-order valence-corrected chi connectivity index (χ0v) is 25.7. The maximum absolute atomic E-state index is 15.0. The predicted molar refractivity (Wildman–Crippen MR) is 171 cm³/mol. The number of halogens is 2. The number of aromatic nitrogens is 8. The molecule has 0 aliphatic carbocycles. The molecule has 0 unspecified atom stereocenters. The molecule has 6 rings (SSSR count). The summed E-state index contributed by atoms with van der Waals surface area (Å²) >= 11 is 0. The van der Waals surface area contributed by atoms with Gasteiger partial charge < -0.3 is 25.6 Å². The highest BCUT2D eigenvalue weighted by Crippen LogP contribution is 2.28. The van der Waals surface area contributed by atoms with Gasteiger partial charge in [-0.1, -0.05) is 0 Å². The van der Waals surface area contributed by atoms with Gasteiger partial charge in [0.1, 0.15) is 5.82 Å². The number of rotatable bonds is 12. The molecule has 256 valence electrons. The molecule has 0 saturated heterocycles. The Bertz CT molecular complexity index is 2090. The Kier molecular flexibility index (Phi) is 9.42. The first-order chi connectivity index (χ1) is 24.6. The van der Waals surface area contributed by atoms with Gasteiger partial charge in [0.25, 0.3) is 11.8 Å². The van der Waals surface area contributed by atoms with E-state index in [1.165, 1.54) is 36.7 Å². The minimum absolute atomic E-state index is 0.106. The van der Waals surface area contributed by atoms with E-state index >= 15 is 0 Å². The monoisotopic (exact) mass is 696 g/mol. The van der Waals surface area contributed by atoms with E-state index in [1.807, 2.05) is 0 Å². The first-order valence-electron chi connectivity index (χ1n) is 14.6. The van der Waals surface area contributed by atoms with Gasteiger partial charge in [-0.25, -0.2) is 18.4 Å². The van der Waals surface area contributed by atoms with Crippen molar-refractivity contribution in [3.05, 3.63) is 113 Å². The van der Waals surface area contributed by atoms with E-state index in [4.69, 9.17) is 4.74 Å². The van der Waals surface area contributed by atoms with Crippen LogP contribution in [0.5, 0.6) is 5.75 Å². The fourth-order valence-corrected chi connectivity index (χ4v) is 4.67. The number of ether oxygens (including phenoxy) is 1. The van der Waals surface area contributed by atoms with Crippen LogP contribution in [0.3, 0.4) is 0 Å². The normalized spacial score (nSPS) is 10.8. The van der Waals surface area contributed by atoms with Gasteiger partial charge in [0.2, 0.25) is 0 Å². The molecular weight excluding hydrogens is 674 g/mol. The Hall–Kier alpha value is -7.44. The number of carboxylic acid groups (broad SMARTS) is 2. The van der Waals surface area contributed by atoms with Gasteiger partial charge in [0.15, 0.2) is 23.0 Å². The number of nitrogens with one attached hydrogen (secondary N) is 4.